The molecule has 1 fully saturated rings. The van der Waals surface area contributed by atoms with Gasteiger partial charge in [-0.3, -0.25) is 9.59 Å². The maximum Gasteiger partial charge on any atom is 0.224 e. The van der Waals surface area contributed by atoms with Crippen LogP contribution >= 0.6 is 0 Å². The number of benzene rings is 2. The molecule has 0 bridgehead atoms. The summed E-state index contributed by atoms with van der Waals surface area (Å²) >= 11 is 0. The van der Waals surface area contributed by atoms with Crippen LogP contribution in [0.3, 0.4) is 0 Å². The van der Waals surface area contributed by atoms with Gasteiger partial charge in [-0.15, -0.1) is 0 Å². The Bertz CT molecular complexity index is 1110. The molecule has 5 nitrogen and oxygen atoms in total. The minimum Gasteiger partial charge on any atom is -0.361 e. The monoisotopic (exact) mass is 415 g/mol. The zero-order valence-electron chi connectivity index (χ0n) is 18.0. The van der Waals surface area contributed by atoms with E-state index in [4.69, 9.17) is 0 Å². The van der Waals surface area contributed by atoms with Crippen molar-refractivity contribution in [2.24, 2.45) is 0 Å². The summed E-state index contributed by atoms with van der Waals surface area (Å²) in [6, 6.07) is 16.5. The minimum atomic E-state index is -0.152. The fourth-order valence-electron chi connectivity index (χ4n) is 5.41. The number of hydrogen-bond donors (Lipinski definition) is 1. The van der Waals surface area contributed by atoms with Crippen molar-refractivity contribution in [1.82, 2.24) is 14.8 Å². The van der Waals surface area contributed by atoms with Crippen LogP contribution in [0.2, 0.25) is 0 Å². The van der Waals surface area contributed by atoms with Gasteiger partial charge in [-0.1, -0.05) is 42.5 Å². The first-order valence-corrected chi connectivity index (χ1v) is 11.3. The first-order chi connectivity index (χ1) is 15.1. The van der Waals surface area contributed by atoms with Gasteiger partial charge in [0.05, 0.1) is 12.5 Å². The molecule has 0 aliphatic carbocycles. The molecule has 2 amide bonds. The Morgan fingerprint density at radius 3 is 2.52 bits per heavy atom. The Labute approximate surface area is 183 Å². The number of amides is 2. The first-order valence-electron chi connectivity index (χ1n) is 11.3. The molecule has 5 heteroatoms. The van der Waals surface area contributed by atoms with Crippen LogP contribution in [0.25, 0.3) is 10.9 Å². The van der Waals surface area contributed by atoms with Gasteiger partial charge in [0.2, 0.25) is 11.8 Å². The molecule has 1 N–H and O–H groups in total. The Kier molecular flexibility index (Phi) is 5.26. The topological polar surface area (TPSA) is 56.4 Å². The molecule has 5 rings (SSSR count). The number of nitrogens with one attached hydrogen (secondary N) is 1. The number of hydrogen-bond acceptors (Lipinski definition) is 2. The maximum absolute atomic E-state index is 13.2. The van der Waals surface area contributed by atoms with Crippen molar-refractivity contribution in [2.45, 2.75) is 44.6 Å². The summed E-state index contributed by atoms with van der Waals surface area (Å²) in [7, 11) is 0. The molecular weight excluding hydrogens is 386 g/mol. The number of piperidine rings is 1. The van der Waals surface area contributed by atoms with Gasteiger partial charge in [0.15, 0.2) is 0 Å². The van der Waals surface area contributed by atoms with Crippen molar-refractivity contribution in [2.75, 3.05) is 19.6 Å². The average molecular weight is 416 g/mol. The van der Waals surface area contributed by atoms with E-state index in [0.29, 0.717) is 18.9 Å². The zero-order chi connectivity index (χ0) is 21.4. The van der Waals surface area contributed by atoms with E-state index < -0.39 is 0 Å². The molecule has 1 aromatic heterocycles. The second kappa shape index (κ2) is 8.22. The van der Waals surface area contributed by atoms with Crippen LogP contribution in [0.1, 0.15) is 54.8 Å². The lowest BCUT2D eigenvalue weighted by molar-refractivity contribution is -0.137. The second-order valence-corrected chi connectivity index (χ2v) is 8.83. The number of carbonyl (C=O) groups is 2. The Balaban J connectivity index is 1.28. The van der Waals surface area contributed by atoms with E-state index in [2.05, 4.69) is 47.6 Å². The molecule has 0 spiro atoms. The lowest BCUT2D eigenvalue weighted by atomic mass is 9.88. The van der Waals surface area contributed by atoms with E-state index in [9.17, 15) is 9.59 Å². The molecule has 1 saturated heterocycles. The number of para-hydroxylation sites is 1. The third kappa shape index (κ3) is 3.73. The van der Waals surface area contributed by atoms with Gasteiger partial charge in [-0.2, -0.15) is 0 Å². The van der Waals surface area contributed by atoms with Crippen molar-refractivity contribution < 1.29 is 9.59 Å². The quantitative estimate of drug-likeness (QED) is 0.689. The van der Waals surface area contributed by atoms with Crippen LogP contribution in [0.15, 0.2) is 54.7 Å². The predicted octanol–water partition coefficient (Wildman–Crippen LogP) is 4.41. The fourth-order valence-corrected chi connectivity index (χ4v) is 5.41. The number of aromatic amines is 1. The fraction of sp³-hybridized carbons (Fsp3) is 0.385. The third-order valence-corrected chi connectivity index (χ3v) is 7.09. The van der Waals surface area contributed by atoms with Gasteiger partial charge >= 0.3 is 0 Å². The number of carbonyl (C=O) groups excluding carboxylic acids is 2. The summed E-state index contributed by atoms with van der Waals surface area (Å²) in [5.74, 6) is 0.681. The lowest BCUT2D eigenvalue weighted by Crippen LogP contribution is -2.43. The normalized spacial score (nSPS) is 19.5. The first kappa shape index (κ1) is 19.9. The molecular formula is C26H29N3O2. The Hall–Kier alpha value is -3.08. The van der Waals surface area contributed by atoms with Crippen LogP contribution < -0.4 is 0 Å². The predicted molar refractivity (Wildman–Crippen MR) is 122 cm³/mol. The lowest BCUT2D eigenvalue weighted by Gasteiger charge is -2.38. The molecule has 3 aromatic rings. The largest absolute Gasteiger partial charge is 0.361 e. The average Bonchev–Trinajstić information content (AvgIpc) is 3.23. The molecule has 160 valence electrons. The molecule has 0 radical (unpaired) electrons. The second-order valence-electron chi connectivity index (χ2n) is 8.83. The van der Waals surface area contributed by atoms with Gasteiger partial charge in [0.25, 0.3) is 0 Å². The van der Waals surface area contributed by atoms with Gasteiger partial charge in [0, 0.05) is 43.7 Å². The van der Waals surface area contributed by atoms with Crippen molar-refractivity contribution in [3.05, 3.63) is 71.4 Å². The van der Waals surface area contributed by atoms with Crippen molar-refractivity contribution >= 4 is 22.7 Å². The third-order valence-electron chi connectivity index (χ3n) is 7.09. The van der Waals surface area contributed by atoms with E-state index in [0.717, 1.165) is 37.9 Å². The van der Waals surface area contributed by atoms with Gasteiger partial charge in [-0.05, 0) is 47.9 Å². The molecule has 1 unspecified atom stereocenters. The summed E-state index contributed by atoms with van der Waals surface area (Å²) in [5.41, 5.74) is 4.93. The summed E-state index contributed by atoms with van der Waals surface area (Å²) in [5, 5.41) is 1.29. The van der Waals surface area contributed by atoms with Crippen LogP contribution in [-0.2, 0) is 16.0 Å². The molecule has 1 atom stereocenters. The van der Waals surface area contributed by atoms with Crippen LogP contribution in [0.5, 0.6) is 0 Å². The van der Waals surface area contributed by atoms with Crippen LogP contribution in [0.4, 0.5) is 0 Å². The zero-order valence-corrected chi connectivity index (χ0v) is 18.0. The molecule has 2 aromatic carbocycles. The molecule has 2 aliphatic rings. The maximum atomic E-state index is 13.2. The summed E-state index contributed by atoms with van der Waals surface area (Å²) in [6.07, 6.45) is 5.32. The van der Waals surface area contributed by atoms with E-state index in [1.54, 1.807) is 6.92 Å². The number of H-pyrrole nitrogens is 1. The van der Waals surface area contributed by atoms with Gasteiger partial charge in [0.1, 0.15) is 0 Å². The summed E-state index contributed by atoms with van der Waals surface area (Å²) < 4.78 is 0. The number of likely N-dealkylation sites (tertiary alicyclic amines) is 1. The highest BCUT2D eigenvalue weighted by Gasteiger charge is 2.33. The molecule has 2 aliphatic heterocycles. The molecule has 0 saturated carbocycles. The van der Waals surface area contributed by atoms with E-state index in [-0.39, 0.29) is 17.9 Å². The minimum absolute atomic E-state index is 0.0466. The number of aromatic nitrogens is 1. The smallest absolute Gasteiger partial charge is 0.224 e. The summed E-state index contributed by atoms with van der Waals surface area (Å²) in [6.45, 7) is 3.85. The molecule has 31 heavy (non-hydrogen) atoms. The highest BCUT2D eigenvalue weighted by molar-refractivity contribution is 5.84. The highest BCUT2D eigenvalue weighted by Crippen LogP contribution is 2.35. The van der Waals surface area contributed by atoms with E-state index >= 15 is 0 Å². The Morgan fingerprint density at radius 1 is 0.968 bits per heavy atom. The number of nitrogens with zero attached hydrogens (tertiary/aromatic N) is 2. The SMILES string of the molecule is CC(=O)N1CCc2ccccc2C1CC(=O)N1CCC(c2c[nH]c3ccccc23)CC1. The van der Waals surface area contributed by atoms with Crippen LogP contribution in [0, 0.1) is 0 Å². The number of rotatable bonds is 3. The van der Waals surface area contributed by atoms with Crippen molar-refractivity contribution in [3.8, 4) is 0 Å². The van der Waals surface area contributed by atoms with Crippen molar-refractivity contribution in [1.29, 1.82) is 0 Å². The Morgan fingerprint density at radius 2 is 1.71 bits per heavy atom. The molecule has 3 heterocycles. The van der Waals surface area contributed by atoms with Gasteiger partial charge in [-0.25, -0.2) is 0 Å². The van der Waals surface area contributed by atoms with E-state index in [1.807, 2.05) is 21.9 Å². The standard InChI is InChI=1S/C26H29N3O2/c1-18(30)29-15-12-19-6-2-3-7-21(19)25(29)16-26(31)28-13-10-20(11-14-28)23-17-27-24-9-5-4-8-22(23)24/h2-9,17,20,25,27H,10-16H2,1H3. The van der Waals surface area contributed by atoms with Crippen molar-refractivity contribution in [3.63, 3.8) is 0 Å². The summed E-state index contributed by atoms with van der Waals surface area (Å²) in [4.78, 5) is 32.7. The van der Waals surface area contributed by atoms with E-state index in [1.165, 1.54) is 22.0 Å². The highest BCUT2D eigenvalue weighted by atomic mass is 16.2. The number of fused-ring (bicyclic) bond motifs is 2. The van der Waals surface area contributed by atoms with Gasteiger partial charge < -0.3 is 14.8 Å². The van der Waals surface area contributed by atoms with Crippen LogP contribution in [-0.4, -0.2) is 46.2 Å².